The van der Waals surface area contributed by atoms with Gasteiger partial charge in [0.1, 0.15) is 0 Å². The maximum atomic E-state index is 10.8. The van der Waals surface area contributed by atoms with E-state index >= 15 is 0 Å². The predicted octanol–water partition coefficient (Wildman–Crippen LogP) is 5.70. The quantitative estimate of drug-likeness (QED) is 0.323. The van der Waals surface area contributed by atoms with Crippen LogP contribution in [0.4, 0.5) is 0 Å². The molecule has 0 aliphatic heterocycles. The van der Waals surface area contributed by atoms with Gasteiger partial charge in [0.25, 0.3) is 0 Å². The summed E-state index contributed by atoms with van der Waals surface area (Å²) < 4.78 is 4.29. The zero-order valence-corrected chi connectivity index (χ0v) is 16.4. The van der Waals surface area contributed by atoms with Crippen molar-refractivity contribution in [2.75, 3.05) is 0 Å². The molecule has 0 amide bonds. The van der Waals surface area contributed by atoms with Crippen LogP contribution in [0.25, 0.3) is 0 Å². The molecule has 1 N–H and O–H groups in total. The van der Waals surface area contributed by atoms with Crippen LogP contribution in [0.5, 0.6) is 0 Å². The molecule has 1 atom stereocenters. The fourth-order valence-electron chi connectivity index (χ4n) is 3.04. The van der Waals surface area contributed by atoms with E-state index in [4.69, 9.17) is 0 Å². The Kier molecular flexibility index (Phi) is 12.6. The van der Waals surface area contributed by atoms with E-state index in [2.05, 4.69) is 27.4 Å². The summed E-state index contributed by atoms with van der Waals surface area (Å²) in [6.07, 6.45) is 11.8. The van der Waals surface area contributed by atoms with Crippen molar-refractivity contribution in [1.82, 2.24) is 0 Å². The third-order valence-corrected chi connectivity index (χ3v) is 20.8. The van der Waals surface area contributed by atoms with Crippen molar-refractivity contribution < 1.29 is 5.11 Å². The SMILES string of the molecule is C=CCC[CH](O)[Sn]([CH2]CCC)([CH2]CCC)[CH2]CCC. The van der Waals surface area contributed by atoms with Crippen molar-refractivity contribution in [3.05, 3.63) is 12.7 Å². The maximum absolute atomic E-state index is 10.8. The summed E-state index contributed by atoms with van der Waals surface area (Å²) in [6, 6.07) is 0. The van der Waals surface area contributed by atoms with Gasteiger partial charge in [-0.05, 0) is 0 Å². The number of aliphatic hydroxyl groups is 1. The Labute approximate surface area is 125 Å². The van der Waals surface area contributed by atoms with Crippen LogP contribution >= 0.6 is 0 Å². The van der Waals surface area contributed by atoms with Crippen molar-refractivity contribution >= 4 is 18.4 Å². The molecule has 2 heteroatoms. The van der Waals surface area contributed by atoms with Crippen molar-refractivity contribution in [2.24, 2.45) is 0 Å². The molecule has 0 aliphatic carbocycles. The summed E-state index contributed by atoms with van der Waals surface area (Å²) in [7, 11) is 0. The number of hydrogen-bond donors (Lipinski definition) is 1. The molecule has 0 bridgehead atoms. The molecule has 0 aromatic rings. The number of rotatable bonds is 13. The van der Waals surface area contributed by atoms with Gasteiger partial charge in [0.2, 0.25) is 0 Å². The molecular formula is C17H36OSn. The van der Waals surface area contributed by atoms with Crippen LogP contribution < -0.4 is 0 Å². The number of hydrogen-bond acceptors (Lipinski definition) is 1. The van der Waals surface area contributed by atoms with Gasteiger partial charge in [-0.3, -0.25) is 0 Å². The van der Waals surface area contributed by atoms with Crippen LogP contribution in [-0.4, -0.2) is 27.6 Å². The Morgan fingerprint density at radius 2 is 1.37 bits per heavy atom. The average Bonchev–Trinajstić information content (AvgIpc) is 2.44. The van der Waals surface area contributed by atoms with Gasteiger partial charge in [0, 0.05) is 0 Å². The van der Waals surface area contributed by atoms with Crippen molar-refractivity contribution in [1.29, 1.82) is 0 Å². The van der Waals surface area contributed by atoms with Crippen molar-refractivity contribution in [3.63, 3.8) is 0 Å². The fourth-order valence-corrected chi connectivity index (χ4v) is 19.3. The standard InChI is InChI=1S/C5H9O.3C4H9.Sn/c1-2-3-4-5-6;3*1-3-4-2;/h2,5-6H,1,3-4H2;3*1,3-4H2,2H3;. The van der Waals surface area contributed by atoms with Gasteiger partial charge in [0.05, 0.1) is 0 Å². The number of aliphatic hydroxyl groups excluding tert-OH is 1. The van der Waals surface area contributed by atoms with Gasteiger partial charge < -0.3 is 0 Å². The summed E-state index contributed by atoms with van der Waals surface area (Å²) in [4.78, 5) is 0. The molecule has 0 saturated heterocycles. The summed E-state index contributed by atoms with van der Waals surface area (Å²) >= 11 is -2.34. The van der Waals surface area contributed by atoms with Gasteiger partial charge in [-0.1, -0.05) is 0 Å². The van der Waals surface area contributed by atoms with E-state index in [-0.39, 0.29) is 4.12 Å². The van der Waals surface area contributed by atoms with Crippen LogP contribution in [0, 0.1) is 0 Å². The van der Waals surface area contributed by atoms with Crippen molar-refractivity contribution in [2.45, 2.75) is 89.6 Å². The van der Waals surface area contributed by atoms with E-state index in [0.29, 0.717) is 0 Å². The van der Waals surface area contributed by atoms with Crippen LogP contribution in [-0.2, 0) is 0 Å². The molecule has 1 unspecified atom stereocenters. The molecule has 0 radical (unpaired) electrons. The fraction of sp³-hybridized carbons (Fsp3) is 0.882. The summed E-state index contributed by atoms with van der Waals surface area (Å²) in [5.41, 5.74) is 0. The molecule has 0 saturated carbocycles. The first kappa shape index (κ1) is 19.5. The minimum atomic E-state index is -2.34. The van der Waals surface area contributed by atoms with E-state index in [1.54, 1.807) is 0 Å². The van der Waals surface area contributed by atoms with E-state index in [0.717, 1.165) is 12.8 Å². The Morgan fingerprint density at radius 1 is 0.947 bits per heavy atom. The molecule has 0 aromatic carbocycles. The first-order valence-corrected chi connectivity index (χ1v) is 16.2. The van der Waals surface area contributed by atoms with Crippen molar-refractivity contribution in [3.8, 4) is 0 Å². The molecule has 0 rings (SSSR count). The van der Waals surface area contributed by atoms with Gasteiger partial charge in [-0.25, -0.2) is 0 Å². The van der Waals surface area contributed by atoms with Crippen LogP contribution in [0.2, 0.25) is 13.3 Å². The first-order valence-electron chi connectivity index (χ1n) is 8.45. The Morgan fingerprint density at radius 3 is 1.68 bits per heavy atom. The molecule has 0 fully saturated rings. The number of allylic oxidation sites excluding steroid dienone is 1. The minimum absolute atomic E-state index is 0.0666. The zero-order valence-electron chi connectivity index (χ0n) is 13.6. The molecule has 114 valence electrons. The van der Waals surface area contributed by atoms with Gasteiger partial charge >= 0.3 is 126 Å². The molecular weight excluding hydrogens is 339 g/mol. The second-order valence-electron chi connectivity index (χ2n) is 6.05. The van der Waals surface area contributed by atoms with Gasteiger partial charge in [-0.15, -0.1) is 0 Å². The predicted molar refractivity (Wildman–Crippen MR) is 90.3 cm³/mol. The third-order valence-electron chi connectivity index (χ3n) is 4.44. The molecule has 0 heterocycles. The molecule has 19 heavy (non-hydrogen) atoms. The summed E-state index contributed by atoms with van der Waals surface area (Å²) in [6.45, 7) is 10.7. The molecule has 0 spiro atoms. The molecule has 1 nitrogen and oxygen atoms in total. The topological polar surface area (TPSA) is 20.2 Å². The molecule has 0 aliphatic rings. The Balaban J connectivity index is 4.78. The van der Waals surface area contributed by atoms with E-state index in [1.807, 2.05) is 6.08 Å². The van der Waals surface area contributed by atoms with E-state index in [1.165, 1.54) is 51.8 Å². The van der Waals surface area contributed by atoms with Crippen LogP contribution in [0.15, 0.2) is 12.7 Å². The van der Waals surface area contributed by atoms with Gasteiger partial charge in [-0.2, -0.15) is 0 Å². The Hall–Kier alpha value is 0.499. The summed E-state index contributed by atoms with van der Waals surface area (Å²) in [5.74, 6) is 0. The normalized spacial score (nSPS) is 13.5. The number of unbranched alkanes of at least 4 members (excludes halogenated alkanes) is 3. The van der Waals surface area contributed by atoms with E-state index in [9.17, 15) is 5.11 Å². The third kappa shape index (κ3) is 7.74. The van der Waals surface area contributed by atoms with E-state index < -0.39 is 18.4 Å². The van der Waals surface area contributed by atoms with Crippen LogP contribution in [0.3, 0.4) is 0 Å². The second kappa shape index (κ2) is 12.3. The monoisotopic (exact) mass is 376 g/mol. The Bertz CT molecular complexity index is 194. The van der Waals surface area contributed by atoms with Crippen LogP contribution in [0.1, 0.15) is 72.1 Å². The molecule has 0 aromatic heterocycles. The second-order valence-corrected chi connectivity index (χ2v) is 20.0. The van der Waals surface area contributed by atoms with Gasteiger partial charge in [0.15, 0.2) is 0 Å². The average molecular weight is 375 g/mol. The summed E-state index contributed by atoms with van der Waals surface area (Å²) in [5, 5.41) is 10.8. The zero-order chi connectivity index (χ0) is 14.6. The first-order chi connectivity index (χ1) is 9.16.